The van der Waals surface area contributed by atoms with Crippen molar-refractivity contribution in [3.05, 3.63) is 41.0 Å². The number of carbonyl (C=O) groups excluding carboxylic acids is 1. The van der Waals surface area contributed by atoms with Crippen molar-refractivity contribution in [3.63, 3.8) is 0 Å². The van der Waals surface area contributed by atoms with E-state index < -0.39 is 0 Å². The third kappa shape index (κ3) is 3.39. The molecule has 0 saturated carbocycles. The monoisotopic (exact) mass is 261 g/mol. The van der Waals surface area contributed by atoms with Gasteiger partial charge in [-0.1, -0.05) is 17.7 Å². The van der Waals surface area contributed by atoms with Gasteiger partial charge in [0, 0.05) is 17.0 Å². The molecule has 2 nitrogen and oxygen atoms in total. The lowest BCUT2D eigenvalue weighted by molar-refractivity contribution is 0.0953. The summed E-state index contributed by atoms with van der Waals surface area (Å²) in [5.74, 6) is 0.00185. The molecule has 0 aliphatic heterocycles. The average molecular weight is 261 g/mol. The third-order valence-corrected chi connectivity index (χ3v) is 3.61. The lowest BCUT2D eigenvalue weighted by Gasteiger charge is -2.08. The Bertz CT molecular complexity index is 479. The summed E-state index contributed by atoms with van der Waals surface area (Å²) in [7, 11) is 0. The zero-order chi connectivity index (χ0) is 13.0. The summed E-state index contributed by atoms with van der Waals surface area (Å²) in [4.78, 5) is 12.9. The minimum atomic E-state index is 0.00185. The molecule has 0 aromatic heterocycles. The molecule has 3 heteroatoms. The minimum Gasteiger partial charge on any atom is -0.352 e. The Morgan fingerprint density at radius 1 is 1.44 bits per heavy atom. The van der Waals surface area contributed by atoms with Gasteiger partial charge in [0.2, 0.25) is 0 Å². The number of aryl methyl sites for hydroxylation is 1. The molecule has 1 aromatic carbocycles. The highest BCUT2D eigenvalue weighted by atomic mass is 32.1. The lowest BCUT2D eigenvalue weighted by Crippen LogP contribution is -2.25. The summed E-state index contributed by atoms with van der Waals surface area (Å²) in [6, 6.07) is 5.65. The maximum atomic E-state index is 12.0. The van der Waals surface area contributed by atoms with Crippen molar-refractivity contribution in [1.29, 1.82) is 0 Å². The first kappa shape index (κ1) is 13.2. The lowest BCUT2D eigenvalue weighted by atomic mass is 10.1. The van der Waals surface area contributed by atoms with Crippen LogP contribution < -0.4 is 5.32 Å². The number of hydrogen-bond donors (Lipinski definition) is 2. The van der Waals surface area contributed by atoms with Gasteiger partial charge >= 0.3 is 0 Å². The predicted octanol–water partition coefficient (Wildman–Crippen LogP) is 3.51. The first-order valence-corrected chi connectivity index (χ1v) is 6.87. The predicted molar refractivity (Wildman–Crippen MR) is 77.3 cm³/mol. The fraction of sp³-hybridized carbons (Fsp3) is 0.400. The maximum absolute atomic E-state index is 12.0. The number of benzene rings is 1. The van der Waals surface area contributed by atoms with Gasteiger partial charge in [-0.25, -0.2) is 0 Å². The molecule has 1 aliphatic carbocycles. The van der Waals surface area contributed by atoms with Crippen LogP contribution in [-0.4, -0.2) is 12.5 Å². The normalized spacial score (nSPS) is 14.4. The molecule has 0 heterocycles. The van der Waals surface area contributed by atoms with Gasteiger partial charge in [-0.15, -0.1) is 12.6 Å². The smallest absolute Gasteiger partial charge is 0.251 e. The minimum absolute atomic E-state index is 0.00185. The summed E-state index contributed by atoms with van der Waals surface area (Å²) in [5.41, 5.74) is 3.20. The zero-order valence-corrected chi connectivity index (χ0v) is 11.6. The second-order valence-electron chi connectivity index (χ2n) is 4.76. The van der Waals surface area contributed by atoms with E-state index in [-0.39, 0.29) is 5.91 Å². The molecule has 96 valence electrons. The Morgan fingerprint density at radius 3 is 3.00 bits per heavy atom. The summed E-state index contributed by atoms with van der Waals surface area (Å²) in [5, 5.41) is 2.98. The van der Waals surface area contributed by atoms with E-state index in [0.29, 0.717) is 0 Å². The van der Waals surface area contributed by atoms with Crippen LogP contribution in [0.2, 0.25) is 0 Å². The van der Waals surface area contributed by atoms with Gasteiger partial charge in [0.15, 0.2) is 0 Å². The van der Waals surface area contributed by atoms with Crippen LogP contribution in [0.5, 0.6) is 0 Å². The molecule has 1 aliphatic rings. The quantitative estimate of drug-likeness (QED) is 0.630. The van der Waals surface area contributed by atoms with Gasteiger partial charge in [0.05, 0.1) is 0 Å². The van der Waals surface area contributed by atoms with Crippen LogP contribution in [0, 0.1) is 6.92 Å². The molecule has 0 bridgehead atoms. The van der Waals surface area contributed by atoms with Crippen LogP contribution in [0.4, 0.5) is 0 Å². The van der Waals surface area contributed by atoms with Crippen molar-refractivity contribution in [1.82, 2.24) is 5.32 Å². The largest absolute Gasteiger partial charge is 0.352 e. The standard InChI is InChI=1S/C15H19NOS/c1-11-6-7-13(18)10-14(11)15(17)16-9-8-12-4-2-3-5-12/h4,6-7,10,18H,2-3,5,8-9H2,1H3,(H,16,17). The number of nitrogens with one attached hydrogen (secondary N) is 1. The highest BCUT2D eigenvalue weighted by Crippen LogP contribution is 2.20. The van der Waals surface area contributed by atoms with Crippen molar-refractivity contribution in [2.45, 2.75) is 37.5 Å². The number of amides is 1. The van der Waals surface area contributed by atoms with Crippen molar-refractivity contribution in [2.24, 2.45) is 0 Å². The van der Waals surface area contributed by atoms with Crippen LogP contribution >= 0.6 is 12.6 Å². The zero-order valence-electron chi connectivity index (χ0n) is 10.7. The topological polar surface area (TPSA) is 29.1 Å². The van der Waals surface area contributed by atoms with Gasteiger partial charge in [-0.05, 0) is 50.3 Å². The van der Waals surface area contributed by atoms with Crippen LogP contribution in [-0.2, 0) is 0 Å². The van der Waals surface area contributed by atoms with Gasteiger partial charge in [-0.2, -0.15) is 0 Å². The number of rotatable bonds is 4. The van der Waals surface area contributed by atoms with Crippen molar-refractivity contribution in [3.8, 4) is 0 Å². The SMILES string of the molecule is Cc1ccc(S)cc1C(=O)NCCC1=CCCC1. The highest BCUT2D eigenvalue weighted by molar-refractivity contribution is 7.80. The van der Waals surface area contributed by atoms with E-state index in [2.05, 4.69) is 24.0 Å². The molecule has 1 amide bonds. The fourth-order valence-corrected chi connectivity index (χ4v) is 2.45. The van der Waals surface area contributed by atoms with E-state index in [1.165, 1.54) is 24.8 Å². The summed E-state index contributed by atoms with van der Waals surface area (Å²) in [6.45, 7) is 2.67. The second-order valence-corrected chi connectivity index (χ2v) is 5.28. The maximum Gasteiger partial charge on any atom is 0.251 e. The van der Waals surface area contributed by atoms with Crippen LogP contribution in [0.3, 0.4) is 0 Å². The molecule has 2 rings (SSSR count). The molecule has 0 radical (unpaired) electrons. The van der Waals surface area contributed by atoms with Crippen molar-refractivity contribution >= 4 is 18.5 Å². The number of allylic oxidation sites excluding steroid dienone is 1. The number of carbonyl (C=O) groups is 1. The third-order valence-electron chi connectivity index (χ3n) is 3.33. The van der Waals surface area contributed by atoms with E-state index in [0.717, 1.165) is 29.0 Å². The van der Waals surface area contributed by atoms with E-state index in [1.54, 1.807) is 0 Å². The number of thiol groups is 1. The average Bonchev–Trinajstić information content (AvgIpc) is 2.85. The number of hydrogen-bond acceptors (Lipinski definition) is 2. The van der Waals surface area contributed by atoms with Gasteiger partial charge in [0.1, 0.15) is 0 Å². The molecule has 0 fully saturated rings. The first-order chi connectivity index (χ1) is 8.66. The van der Waals surface area contributed by atoms with Crippen LogP contribution in [0.15, 0.2) is 34.7 Å². The molecule has 18 heavy (non-hydrogen) atoms. The van der Waals surface area contributed by atoms with E-state index in [9.17, 15) is 4.79 Å². The molecule has 0 saturated heterocycles. The summed E-state index contributed by atoms with van der Waals surface area (Å²) >= 11 is 4.27. The van der Waals surface area contributed by atoms with E-state index in [1.807, 2.05) is 25.1 Å². The Labute approximate surface area is 114 Å². The summed E-state index contributed by atoms with van der Waals surface area (Å²) < 4.78 is 0. The molecule has 1 N–H and O–H groups in total. The molecule has 0 unspecified atom stereocenters. The Kier molecular flexibility index (Phi) is 4.48. The van der Waals surface area contributed by atoms with E-state index in [4.69, 9.17) is 0 Å². The van der Waals surface area contributed by atoms with Gasteiger partial charge in [-0.3, -0.25) is 4.79 Å². The first-order valence-electron chi connectivity index (χ1n) is 6.42. The van der Waals surface area contributed by atoms with E-state index >= 15 is 0 Å². The van der Waals surface area contributed by atoms with Crippen LogP contribution in [0.25, 0.3) is 0 Å². The molecular formula is C15H19NOS. The highest BCUT2D eigenvalue weighted by Gasteiger charge is 2.09. The van der Waals surface area contributed by atoms with Gasteiger partial charge < -0.3 is 5.32 Å². The molecule has 0 atom stereocenters. The fourth-order valence-electron chi connectivity index (χ4n) is 2.25. The second kappa shape index (κ2) is 6.10. The Morgan fingerprint density at radius 2 is 2.28 bits per heavy atom. The van der Waals surface area contributed by atoms with Crippen molar-refractivity contribution < 1.29 is 4.79 Å². The van der Waals surface area contributed by atoms with Crippen molar-refractivity contribution in [2.75, 3.05) is 6.54 Å². The summed E-state index contributed by atoms with van der Waals surface area (Å²) in [6.07, 6.45) is 6.94. The molecule has 0 spiro atoms. The van der Waals surface area contributed by atoms with Crippen LogP contribution in [0.1, 0.15) is 41.6 Å². The molecule has 1 aromatic rings. The molecular weight excluding hydrogens is 242 g/mol. The Balaban J connectivity index is 1.89. The van der Waals surface area contributed by atoms with Gasteiger partial charge in [0.25, 0.3) is 5.91 Å². The Hall–Kier alpha value is -1.22.